The van der Waals surface area contributed by atoms with E-state index in [-0.39, 0.29) is 5.91 Å². The number of carbonyl (C=O) groups is 1. The van der Waals surface area contributed by atoms with Gasteiger partial charge in [-0.25, -0.2) is 0 Å². The standard InChI is InChI=1S/C16H23NO4/c1-19-14-6-4-5-13(11-14)12-15(18)17-9-7-16(20-2,21-3)8-10-17/h4-6,11H,7-10,12H2,1-3H3. The van der Waals surface area contributed by atoms with Crippen molar-refractivity contribution in [3.05, 3.63) is 29.8 Å². The molecule has 1 heterocycles. The van der Waals surface area contributed by atoms with Gasteiger partial charge in [0.1, 0.15) is 5.75 Å². The predicted molar refractivity (Wildman–Crippen MR) is 79.3 cm³/mol. The number of methoxy groups -OCH3 is 3. The first kappa shape index (κ1) is 15.8. The molecule has 0 bridgehead atoms. The van der Waals surface area contributed by atoms with Crippen molar-refractivity contribution in [1.82, 2.24) is 4.90 Å². The van der Waals surface area contributed by atoms with Gasteiger partial charge in [0.2, 0.25) is 5.91 Å². The van der Waals surface area contributed by atoms with Gasteiger partial charge in [0.25, 0.3) is 0 Å². The Morgan fingerprint density at radius 1 is 1.19 bits per heavy atom. The number of hydrogen-bond acceptors (Lipinski definition) is 4. The summed E-state index contributed by atoms with van der Waals surface area (Å²) in [6, 6.07) is 7.62. The van der Waals surface area contributed by atoms with Crippen molar-refractivity contribution in [2.24, 2.45) is 0 Å². The second-order valence-electron chi connectivity index (χ2n) is 5.23. The molecular weight excluding hydrogens is 270 g/mol. The van der Waals surface area contributed by atoms with E-state index in [0.29, 0.717) is 32.4 Å². The summed E-state index contributed by atoms with van der Waals surface area (Å²) in [7, 11) is 4.93. The van der Waals surface area contributed by atoms with Crippen LogP contribution in [0.3, 0.4) is 0 Å². The zero-order valence-electron chi connectivity index (χ0n) is 12.9. The van der Waals surface area contributed by atoms with Crippen LogP contribution in [0.5, 0.6) is 5.75 Å². The highest BCUT2D eigenvalue weighted by Crippen LogP contribution is 2.26. The van der Waals surface area contributed by atoms with Crippen LogP contribution in [0.4, 0.5) is 0 Å². The van der Waals surface area contributed by atoms with Crippen LogP contribution in [0.15, 0.2) is 24.3 Å². The summed E-state index contributed by atoms with van der Waals surface area (Å²) in [5, 5.41) is 0. The molecule has 1 aliphatic heterocycles. The molecule has 0 unspecified atom stereocenters. The Morgan fingerprint density at radius 3 is 2.43 bits per heavy atom. The van der Waals surface area contributed by atoms with Gasteiger partial charge in [0, 0.05) is 40.2 Å². The summed E-state index contributed by atoms with van der Waals surface area (Å²) in [6.07, 6.45) is 1.79. The Balaban J connectivity index is 1.93. The molecule has 5 nitrogen and oxygen atoms in total. The Hall–Kier alpha value is -1.59. The number of likely N-dealkylation sites (tertiary alicyclic amines) is 1. The van der Waals surface area contributed by atoms with E-state index in [1.807, 2.05) is 29.2 Å². The molecule has 1 aromatic rings. The van der Waals surface area contributed by atoms with E-state index in [0.717, 1.165) is 11.3 Å². The monoisotopic (exact) mass is 293 g/mol. The maximum absolute atomic E-state index is 12.4. The van der Waals surface area contributed by atoms with Crippen molar-refractivity contribution in [2.75, 3.05) is 34.4 Å². The molecule has 1 fully saturated rings. The number of benzene rings is 1. The average Bonchev–Trinajstić information content (AvgIpc) is 2.55. The maximum Gasteiger partial charge on any atom is 0.226 e. The summed E-state index contributed by atoms with van der Waals surface area (Å²) >= 11 is 0. The Morgan fingerprint density at radius 2 is 1.86 bits per heavy atom. The largest absolute Gasteiger partial charge is 0.497 e. The van der Waals surface area contributed by atoms with Crippen LogP contribution in [-0.4, -0.2) is 51.0 Å². The topological polar surface area (TPSA) is 48.0 Å². The Kier molecular flexibility index (Phi) is 5.20. The molecule has 1 amide bonds. The quantitative estimate of drug-likeness (QED) is 0.777. The molecule has 0 spiro atoms. The Bertz CT molecular complexity index is 475. The van der Waals surface area contributed by atoms with E-state index in [1.54, 1.807) is 21.3 Å². The first-order valence-electron chi connectivity index (χ1n) is 7.13. The van der Waals surface area contributed by atoms with Gasteiger partial charge < -0.3 is 19.1 Å². The molecule has 116 valence electrons. The number of carbonyl (C=O) groups excluding carboxylic acids is 1. The van der Waals surface area contributed by atoms with E-state index in [9.17, 15) is 4.79 Å². The first-order chi connectivity index (χ1) is 10.1. The van der Waals surface area contributed by atoms with Gasteiger partial charge in [0.15, 0.2) is 5.79 Å². The fourth-order valence-electron chi connectivity index (χ4n) is 2.66. The minimum absolute atomic E-state index is 0.129. The third-order valence-electron chi connectivity index (χ3n) is 4.11. The molecular formula is C16H23NO4. The maximum atomic E-state index is 12.4. The lowest BCUT2D eigenvalue weighted by Gasteiger charge is -2.39. The molecule has 1 aliphatic rings. The summed E-state index contributed by atoms with van der Waals surface area (Å²) in [6.45, 7) is 1.31. The van der Waals surface area contributed by atoms with Crippen LogP contribution in [0.2, 0.25) is 0 Å². The highest BCUT2D eigenvalue weighted by Gasteiger charge is 2.35. The summed E-state index contributed by atoms with van der Waals surface area (Å²) in [5.74, 6) is 0.369. The van der Waals surface area contributed by atoms with Crippen molar-refractivity contribution in [2.45, 2.75) is 25.0 Å². The zero-order chi connectivity index (χ0) is 15.3. The lowest BCUT2D eigenvalue weighted by Crippen LogP contribution is -2.49. The number of piperidine rings is 1. The second kappa shape index (κ2) is 6.91. The molecule has 1 saturated heterocycles. The first-order valence-corrected chi connectivity index (χ1v) is 7.13. The number of hydrogen-bond donors (Lipinski definition) is 0. The summed E-state index contributed by atoms with van der Waals surface area (Å²) in [4.78, 5) is 14.2. The number of rotatable bonds is 5. The van der Waals surface area contributed by atoms with Crippen molar-refractivity contribution in [3.63, 3.8) is 0 Å². The molecule has 21 heavy (non-hydrogen) atoms. The molecule has 2 rings (SSSR count). The van der Waals surface area contributed by atoms with Crippen molar-refractivity contribution in [1.29, 1.82) is 0 Å². The molecule has 0 saturated carbocycles. The van der Waals surface area contributed by atoms with Crippen molar-refractivity contribution >= 4 is 5.91 Å². The normalized spacial score (nSPS) is 17.6. The SMILES string of the molecule is COc1cccc(CC(=O)N2CCC(OC)(OC)CC2)c1. The second-order valence-corrected chi connectivity index (χ2v) is 5.23. The van der Waals surface area contributed by atoms with E-state index in [4.69, 9.17) is 14.2 Å². The van der Waals surface area contributed by atoms with Crippen LogP contribution >= 0.6 is 0 Å². The summed E-state index contributed by atoms with van der Waals surface area (Å²) in [5.41, 5.74) is 0.967. The van der Waals surface area contributed by atoms with Gasteiger partial charge in [-0.05, 0) is 17.7 Å². The Labute approximate surface area is 125 Å². The third kappa shape index (κ3) is 3.74. The van der Waals surface area contributed by atoms with E-state index in [2.05, 4.69) is 0 Å². The molecule has 0 radical (unpaired) electrons. The van der Waals surface area contributed by atoms with Gasteiger partial charge in [-0.15, -0.1) is 0 Å². The number of ether oxygens (including phenoxy) is 3. The van der Waals surface area contributed by atoms with Crippen LogP contribution in [0.1, 0.15) is 18.4 Å². The zero-order valence-corrected chi connectivity index (χ0v) is 12.9. The van der Waals surface area contributed by atoms with Gasteiger partial charge in [-0.3, -0.25) is 4.79 Å². The van der Waals surface area contributed by atoms with E-state index in [1.165, 1.54) is 0 Å². The molecule has 0 aromatic heterocycles. The van der Waals surface area contributed by atoms with E-state index >= 15 is 0 Å². The van der Waals surface area contributed by atoms with Crippen LogP contribution in [0.25, 0.3) is 0 Å². The van der Waals surface area contributed by atoms with Gasteiger partial charge >= 0.3 is 0 Å². The molecule has 0 N–H and O–H groups in total. The van der Waals surface area contributed by atoms with Crippen LogP contribution in [0, 0.1) is 0 Å². The fraction of sp³-hybridized carbons (Fsp3) is 0.562. The smallest absolute Gasteiger partial charge is 0.226 e. The molecule has 0 atom stereocenters. The summed E-state index contributed by atoms with van der Waals surface area (Å²) < 4.78 is 16.0. The predicted octanol–water partition coefficient (Wildman–Crippen LogP) is 1.85. The number of amides is 1. The van der Waals surface area contributed by atoms with Gasteiger partial charge in [-0.2, -0.15) is 0 Å². The highest BCUT2D eigenvalue weighted by atomic mass is 16.7. The van der Waals surface area contributed by atoms with Gasteiger partial charge in [-0.1, -0.05) is 12.1 Å². The van der Waals surface area contributed by atoms with Crippen LogP contribution in [-0.2, 0) is 20.7 Å². The minimum Gasteiger partial charge on any atom is -0.497 e. The lowest BCUT2D eigenvalue weighted by atomic mass is 10.0. The molecule has 1 aromatic carbocycles. The third-order valence-corrected chi connectivity index (χ3v) is 4.11. The van der Waals surface area contributed by atoms with Gasteiger partial charge in [0.05, 0.1) is 13.5 Å². The molecule has 0 aliphatic carbocycles. The lowest BCUT2D eigenvalue weighted by molar-refractivity contribution is -0.228. The number of nitrogens with zero attached hydrogens (tertiary/aromatic N) is 1. The van der Waals surface area contributed by atoms with Crippen molar-refractivity contribution in [3.8, 4) is 5.75 Å². The fourth-order valence-corrected chi connectivity index (χ4v) is 2.66. The van der Waals surface area contributed by atoms with Crippen LogP contribution < -0.4 is 4.74 Å². The van der Waals surface area contributed by atoms with E-state index < -0.39 is 5.79 Å². The van der Waals surface area contributed by atoms with Crippen molar-refractivity contribution < 1.29 is 19.0 Å². The highest BCUT2D eigenvalue weighted by molar-refractivity contribution is 5.79. The molecule has 5 heteroatoms. The average molecular weight is 293 g/mol. The minimum atomic E-state index is -0.535.